The van der Waals surface area contributed by atoms with Gasteiger partial charge in [-0.15, -0.1) is 0 Å². The van der Waals surface area contributed by atoms with E-state index in [1.165, 1.54) is 10.6 Å². The van der Waals surface area contributed by atoms with E-state index in [0.717, 1.165) is 5.56 Å². The van der Waals surface area contributed by atoms with E-state index in [2.05, 4.69) is 5.32 Å². The van der Waals surface area contributed by atoms with Gasteiger partial charge in [0, 0.05) is 23.8 Å². The highest BCUT2D eigenvalue weighted by molar-refractivity contribution is 7.88. The maximum absolute atomic E-state index is 12.3. The molecule has 0 saturated carbocycles. The average molecular weight is 331 g/mol. The molecule has 0 spiro atoms. The zero-order valence-corrected chi connectivity index (χ0v) is 13.7. The Balaban J connectivity index is 2.08. The first kappa shape index (κ1) is 16.3. The minimum atomic E-state index is -3.25. The second-order valence-corrected chi connectivity index (χ2v) is 7.83. The number of nitrogens with zero attached hydrogens (tertiary/aromatic N) is 1. The van der Waals surface area contributed by atoms with E-state index in [1.54, 1.807) is 12.1 Å². The summed E-state index contributed by atoms with van der Waals surface area (Å²) in [5, 5.41) is 3.40. The molecule has 1 aromatic rings. The second kappa shape index (κ2) is 6.34. The van der Waals surface area contributed by atoms with E-state index < -0.39 is 10.0 Å². The van der Waals surface area contributed by atoms with Crippen molar-refractivity contribution >= 4 is 33.2 Å². The van der Waals surface area contributed by atoms with Crippen molar-refractivity contribution in [3.8, 4) is 0 Å². The lowest BCUT2D eigenvalue weighted by molar-refractivity contribution is -0.120. The fourth-order valence-electron chi connectivity index (χ4n) is 2.42. The molecule has 1 amide bonds. The van der Waals surface area contributed by atoms with Gasteiger partial charge in [-0.2, -0.15) is 0 Å². The zero-order chi connectivity index (χ0) is 15.6. The number of halogens is 1. The monoisotopic (exact) mass is 330 g/mol. The van der Waals surface area contributed by atoms with E-state index in [-0.39, 0.29) is 18.4 Å². The number of rotatable bonds is 3. The second-order valence-electron chi connectivity index (χ2n) is 5.41. The molecular weight excluding hydrogens is 312 g/mol. The molecule has 5 nitrogen and oxygen atoms in total. The number of amides is 1. The van der Waals surface area contributed by atoms with E-state index in [4.69, 9.17) is 11.6 Å². The normalized spacial score (nSPS) is 20.2. The van der Waals surface area contributed by atoms with E-state index >= 15 is 0 Å². The van der Waals surface area contributed by atoms with Gasteiger partial charge in [0.15, 0.2) is 0 Å². The third-order valence-electron chi connectivity index (χ3n) is 3.68. The number of sulfonamides is 1. The zero-order valence-electron chi connectivity index (χ0n) is 12.1. The van der Waals surface area contributed by atoms with Crippen LogP contribution in [0.5, 0.6) is 0 Å². The van der Waals surface area contributed by atoms with Crippen LogP contribution in [0.1, 0.15) is 18.4 Å². The number of hydrogen-bond donors (Lipinski definition) is 1. The van der Waals surface area contributed by atoms with Crippen LogP contribution in [0.15, 0.2) is 18.2 Å². The van der Waals surface area contributed by atoms with Crippen LogP contribution < -0.4 is 5.32 Å². The highest BCUT2D eigenvalue weighted by atomic mass is 35.5. The number of piperidine rings is 1. The van der Waals surface area contributed by atoms with Crippen LogP contribution in [-0.4, -0.2) is 38.0 Å². The van der Waals surface area contributed by atoms with Crippen LogP contribution in [0.2, 0.25) is 5.02 Å². The largest absolute Gasteiger partial charge is 0.326 e. The summed E-state index contributed by atoms with van der Waals surface area (Å²) in [6, 6.07) is 5.30. The molecule has 1 fully saturated rings. The first-order valence-corrected chi connectivity index (χ1v) is 9.02. The minimum Gasteiger partial charge on any atom is -0.326 e. The number of nitrogens with one attached hydrogen (secondary N) is 1. The molecule has 1 saturated heterocycles. The predicted octanol–water partition coefficient (Wildman–Crippen LogP) is 2.26. The molecule has 21 heavy (non-hydrogen) atoms. The summed E-state index contributed by atoms with van der Waals surface area (Å²) in [4.78, 5) is 12.3. The Kier molecular flexibility index (Phi) is 4.91. The SMILES string of the molecule is Cc1ccc(Cl)cc1NC(=O)[C@@H]1CCCN(S(C)(=O)=O)C1. The van der Waals surface area contributed by atoms with Crippen LogP contribution in [0, 0.1) is 12.8 Å². The summed E-state index contributed by atoms with van der Waals surface area (Å²) in [7, 11) is -3.25. The van der Waals surface area contributed by atoms with Crippen LogP contribution in [0.3, 0.4) is 0 Å². The first-order chi connectivity index (χ1) is 9.77. The summed E-state index contributed by atoms with van der Waals surface area (Å²) in [6.07, 6.45) is 2.56. The fourth-order valence-corrected chi connectivity index (χ4v) is 3.50. The summed E-state index contributed by atoms with van der Waals surface area (Å²) in [5.41, 5.74) is 1.59. The Morgan fingerprint density at radius 1 is 1.43 bits per heavy atom. The van der Waals surface area contributed by atoms with Crippen LogP contribution in [0.25, 0.3) is 0 Å². The summed E-state index contributed by atoms with van der Waals surface area (Å²) in [6.45, 7) is 2.61. The van der Waals surface area contributed by atoms with Crippen LogP contribution >= 0.6 is 11.6 Å². The number of hydrogen-bond acceptors (Lipinski definition) is 3. The molecule has 0 unspecified atom stereocenters. The number of aryl methyl sites for hydroxylation is 1. The molecule has 0 bridgehead atoms. The molecule has 1 heterocycles. The third-order valence-corrected chi connectivity index (χ3v) is 5.19. The van der Waals surface area contributed by atoms with Crippen LogP contribution in [0.4, 0.5) is 5.69 Å². The molecule has 0 aromatic heterocycles. The fraction of sp³-hybridized carbons (Fsp3) is 0.500. The number of carbonyl (C=O) groups excluding carboxylic acids is 1. The van der Waals surface area contributed by atoms with Crippen molar-refractivity contribution in [2.24, 2.45) is 5.92 Å². The lowest BCUT2D eigenvalue weighted by atomic mass is 9.98. The molecule has 0 radical (unpaired) electrons. The van der Waals surface area contributed by atoms with Crippen molar-refractivity contribution in [1.29, 1.82) is 0 Å². The molecule has 0 aliphatic carbocycles. The topological polar surface area (TPSA) is 66.5 Å². The smallest absolute Gasteiger partial charge is 0.228 e. The van der Waals surface area contributed by atoms with Crippen LogP contribution in [-0.2, 0) is 14.8 Å². The number of carbonyl (C=O) groups is 1. The van der Waals surface area contributed by atoms with Gasteiger partial charge in [0.25, 0.3) is 0 Å². The Morgan fingerprint density at radius 3 is 2.81 bits per heavy atom. The lowest BCUT2D eigenvalue weighted by Gasteiger charge is -2.30. The summed E-state index contributed by atoms with van der Waals surface area (Å²) in [5.74, 6) is -0.486. The van der Waals surface area contributed by atoms with Gasteiger partial charge in [-0.05, 0) is 37.5 Å². The van der Waals surface area contributed by atoms with Crippen molar-refractivity contribution in [3.05, 3.63) is 28.8 Å². The van der Waals surface area contributed by atoms with Crippen molar-refractivity contribution in [3.63, 3.8) is 0 Å². The third kappa shape index (κ3) is 4.18. The Labute approximate surface area is 130 Å². The molecule has 2 rings (SSSR count). The molecule has 116 valence electrons. The molecule has 1 aliphatic rings. The van der Waals surface area contributed by atoms with Crippen molar-refractivity contribution < 1.29 is 13.2 Å². The molecular formula is C14H19ClN2O3S. The average Bonchev–Trinajstić information content (AvgIpc) is 2.42. The molecule has 7 heteroatoms. The van der Waals surface area contributed by atoms with Gasteiger partial charge >= 0.3 is 0 Å². The quantitative estimate of drug-likeness (QED) is 0.924. The Bertz CT molecular complexity index is 646. The molecule has 1 aliphatic heterocycles. The van der Waals surface area contributed by atoms with Gasteiger partial charge in [0.05, 0.1) is 12.2 Å². The van der Waals surface area contributed by atoms with Crippen molar-refractivity contribution in [1.82, 2.24) is 4.31 Å². The van der Waals surface area contributed by atoms with Gasteiger partial charge in [-0.1, -0.05) is 17.7 Å². The highest BCUT2D eigenvalue weighted by Gasteiger charge is 2.30. The molecule has 1 aromatic carbocycles. The highest BCUT2D eigenvalue weighted by Crippen LogP contribution is 2.24. The number of benzene rings is 1. The van der Waals surface area contributed by atoms with Gasteiger partial charge in [0.2, 0.25) is 15.9 Å². The van der Waals surface area contributed by atoms with E-state index in [0.29, 0.717) is 30.1 Å². The lowest BCUT2D eigenvalue weighted by Crippen LogP contribution is -2.43. The Morgan fingerprint density at radius 2 is 2.14 bits per heavy atom. The molecule has 1 N–H and O–H groups in total. The molecule has 1 atom stereocenters. The van der Waals surface area contributed by atoms with E-state index in [9.17, 15) is 13.2 Å². The minimum absolute atomic E-state index is 0.159. The Hall–Kier alpha value is -1.11. The van der Waals surface area contributed by atoms with Gasteiger partial charge < -0.3 is 5.32 Å². The maximum atomic E-state index is 12.3. The van der Waals surface area contributed by atoms with Gasteiger partial charge in [0.1, 0.15) is 0 Å². The van der Waals surface area contributed by atoms with Gasteiger partial charge in [-0.3, -0.25) is 4.79 Å². The maximum Gasteiger partial charge on any atom is 0.228 e. The van der Waals surface area contributed by atoms with E-state index in [1.807, 2.05) is 13.0 Å². The predicted molar refractivity (Wildman–Crippen MR) is 84.0 cm³/mol. The summed E-state index contributed by atoms with van der Waals surface area (Å²) >= 11 is 5.93. The first-order valence-electron chi connectivity index (χ1n) is 6.79. The summed E-state index contributed by atoms with van der Waals surface area (Å²) < 4.78 is 24.5. The number of anilines is 1. The standard InChI is InChI=1S/C14H19ClN2O3S/c1-10-5-6-12(15)8-13(10)16-14(18)11-4-3-7-17(9-11)21(2,19)20/h5-6,8,11H,3-4,7,9H2,1-2H3,(H,16,18)/t11-/m1/s1. The van der Waals surface area contributed by atoms with Gasteiger partial charge in [-0.25, -0.2) is 12.7 Å². The van der Waals surface area contributed by atoms with Crippen molar-refractivity contribution in [2.45, 2.75) is 19.8 Å². The van der Waals surface area contributed by atoms with Crippen molar-refractivity contribution in [2.75, 3.05) is 24.7 Å².